The number of pyridine rings is 2. The average Bonchev–Trinajstić information content (AvgIpc) is 2.75. The van der Waals surface area contributed by atoms with Gasteiger partial charge in [-0.15, -0.1) is 0 Å². The Morgan fingerprint density at radius 2 is 1.81 bits per heavy atom. The highest BCUT2D eigenvalue weighted by molar-refractivity contribution is 6.10. The molecule has 4 aromatic rings. The Kier molecular flexibility index (Phi) is 5.42. The minimum atomic E-state index is -0.297. The maximum atomic E-state index is 13.4. The summed E-state index contributed by atoms with van der Waals surface area (Å²) in [5.41, 5.74) is 4.66. The molecule has 0 aliphatic carbocycles. The lowest BCUT2D eigenvalue weighted by atomic mass is 9.97. The molecule has 0 spiro atoms. The van der Waals surface area contributed by atoms with Gasteiger partial charge in [0.15, 0.2) is 5.78 Å². The van der Waals surface area contributed by atoms with Crippen molar-refractivity contribution >= 4 is 16.8 Å². The van der Waals surface area contributed by atoms with Gasteiger partial charge in [0.05, 0.1) is 18.1 Å². The second-order valence-corrected chi connectivity index (χ2v) is 7.82. The molecule has 0 aliphatic rings. The van der Waals surface area contributed by atoms with Gasteiger partial charge in [-0.2, -0.15) is 0 Å². The van der Waals surface area contributed by atoms with Crippen LogP contribution in [0.4, 0.5) is 0 Å². The molecule has 0 saturated carbocycles. The predicted octanol–water partition coefficient (Wildman–Crippen LogP) is 4.61. The quantitative estimate of drug-likeness (QED) is 0.449. The number of hydrogen-bond acceptors (Lipinski definition) is 4. The molecule has 5 heteroatoms. The molecule has 0 N–H and O–H groups in total. The van der Waals surface area contributed by atoms with Crippen LogP contribution in [0.1, 0.15) is 38.3 Å². The molecule has 0 bridgehead atoms. The SMILES string of the molecule is COc1cccc(Cn2cc(C(=O)c3ccc(C)cc3C)c(=O)c3ccc(C)nc32)c1. The Hall–Kier alpha value is -3.73. The van der Waals surface area contributed by atoms with Gasteiger partial charge < -0.3 is 9.30 Å². The van der Waals surface area contributed by atoms with E-state index in [9.17, 15) is 9.59 Å². The summed E-state index contributed by atoms with van der Waals surface area (Å²) in [7, 11) is 1.62. The molecule has 0 aliphatic heterocycles. The lowest BCUT2D eigenvalue weighted by Crippen LogP contribution is -2.21. The number of aryl methyl sites for hydroxylation is 3. The standard InChI is InChI=1S/C26H24N2O3/c1-16-8-10-21(17(2)12-16)24(29)23-15-28(14-19-6-5-7-20(13-19)31-4)26-22(25(23)30)11-9-18(3)27-26/h5-13,15H,14H2,1-4H3. The van der Waals surface area contributed by atoms with E-state index in [-0.39, 0.29) is 16.8 Å². The van der Waals surface area contributed by atoms with Crippen molar-refractivity contribution < 1.29 is 9.53 Å². The van der Waals surface area contributed by atoms with E-state index in [1.165, 1.54) is 0 Å². The van der Waals surface area contributed by atoms with E-state index in [0.29, 0.717) is 23.1 Å². The minimum Gasteiger partial charge on any atom is -0.497 e. The van der Waals surface area contributed by atoms with E-state index in [0.717, 1.165) is 28.1 Å². The van der Waals surface area contributed by atoms with Crippen molar-refractivity contribution in [2.45, 2.75) is 27.3 Å². The van der Waals surface area contributed by atoms with Crippen LogP contribution in [0.2, 0.25) is 0 Å². The summed E-state index contributed by atoms with van der Waals surface area (Å²) in [6.45, 7) is 6.21. The fraction of sp³-hybridized carbons (Fsp3) is 0.192. The molecular weight excluding hydrogens is 388 g/mol. The van der Waals surface area contributed by atoms with Crippen LogP contribution in [0.15, 0.2) is 65.6 Å². The molecule has 0 fully saturated rings. The van der Waals surface area contributed by atoms with Gasteiger partial charge in [-0.25, -0.2) is 4.98 Å². The molecule has 5 nitrogen and oxygen atoms in total. The molecule has 4 rings (SSSR count). The zero-order valence-electron chi connectivity index (χ0n) is 18.1. The molecule has 2 aromatic carbocycles. The zero-order valence-corrected chi connectivity index (χ0v) is 18.1. The van der Waals surface area contributed by atoms with E-state index in [4.69, 9.17) is 4.74 Å². The second kappa shape index (κ2) is 8.19. The van der Waals surface area contributed by atoms with E-state index >= 15 is 0 Å². The molecule has 0 amide bonds. The lowest BCUT2D eigenvalue weighted by molar-refractivity contribution is 0.103. The lowest BCUT2D eigenvalue weighted by Gasteiger charge is -2.14. The second-order valence-electron chi connectivity index (χ2n) is 7.82. The molecule has 2 aromatic heterocycles. The summed E-state index contributed by atoms with van der Waals surface area (Å²) < 4.78 is 7.20. The minimum absolute atomic E-state index is 0.146. The number of carbonyl (C=O) groups is 1. The zero-order chi connectivity index (χ0) is 22.1. The number of carbonyl (C=O) groups excluding carboxylic acids is 1. The predicted molar refractivity (Wildman–Crippen MR) is 122 cm³/mol. The summed E-state index contributed by atoms with van der Waals surface area (Å²) in [4.78, 5) is 31.2. The number of aromatic nitrogens is 2. The van der Waals surface area contributed by atoms with Crippen LogP contribution in [-0.2, 0) is 6.54 Å². The highest BCUT2D eigenvalue weighted by Crippen LogP contribution is 2.19. The van der Waals surface area contributed by atoms with Crippen LogP contribution in [-0.4, -0.2) is 22.4 Å². The van der Waals surface area contributed by atoms with Gasteiger partial charge >= 0.3 is 0 Å². The van der Waals surface area contributed by atoms with E-state index in [1.54, 1.807) is 31.5 Å². The van der Waals surface area contributed by atoms with Crippen LogP contribution in [0.3, 0.4) is 0 Å². The van der Waals surface area contributed by atoms with Crippen molar-refractivity contribution in [3.8, 4) is 5.75 Å². The maximum Gasteiger partial charge on any atom is 0.202 e. The first kappa shape index (κ1) is 20.5. The number of methoxy groups -OCH3 is 1. The molecule has 156 valence electrons. The number of ether oxygens (including phenoxy) is 1. The third kappa shape index (κ3) is 3.99. The van der Waals surface area contributed by atoms with Crippen molar-refractivity contribution in [2.75, 3.05) is 7.11 Å². The molecule has 0 saturated heterocycles. The fourth-order valence-electron chi connectivity index (χ4n) is 3.82. The number of benzene rings is 2. The van der Waals surface area contributed by atoms with Gasteiger partial charge in [-0.1, -0.05) is 35.9 Å². The van der Waals surface area contributed by atoms with Gasteiger partial charge in [0.2, 0.25) is 5.43 Å². The third-order valence-corrected chi connectivity index (χ3v) is 5.42. The van der Waals surface area contributed by atoms with Crippen molar-refractivity contribution in [2.24, 2.45) is 0 Å². The van der Waals surface area contributed by atoms with Gasteiger partial charge in [0.1, 0.15) is 11.4 Å². The Bertz CT molecular complexity index is 1370. The summed E-state index contributed by atoms with van der Waals surface area (Å²) in [5, 5.41) is 0.434. The summed E-state index contributed by atoms with van der Waals surface area (Å²) in [5.74, 6) is 0.475. The monoisotopic (exact) mass is 412 g/mol. The number of nitrogens with zero attached hydrogens (tertiary/aromatic N) is 2. The molecular formula is C26H24N2O3. The number of ketones is 1. The molecule has 31 heavy (non-hydrogen) atoms. The fourth-order valence-corrected chi connectivity index (χ4v) is 3.82. The Morgan fingerprint density at radius 3 is 2.55 bits per heavy atom. The topological polar surface area (TPSA) is 61.2 Å². The van der Waals surface area contributed by atoms with Gasteiger partial charge in [0.25, 0.3) is 0 Å². The van der Waals surface area contributed by atoms with E-state index < -0.39 is 0 Å². The first-order chi connectivity index (χ1) is 14.9. The van der Waals surface area contributed by atoms with Gasteiger partial charge in [0, 0.05) is 24.0 Å². The van der Waals surface area contributed by atoms with Crippen molar-refractivity contribution in [3.63, 3.8) is 0 Å². The summed E-state index contributed by atoms with van der Waals surface area (Å²) >= 11 is 0. The van der Waals surface area contributed by atoms with Gasteiger partial charge in [-0.3, -0.25) is 9.59 Å². The molecule has 2 heterocycles. The summed E-state index contributed by atoms with van der Waals surface area (Å²) in [6.07, 6.45) is 1.64. The first-order valence-corrected chi connectivity index (χ1v) is 10.1. The largest absolute Gasteiger partial charge is 0.497 e. The first-order valence-electron chi connectivity index (χ1n) is 10.1. The van der Waals surface area contributed by atoms with Crippen LogP contribution in [0.25, 0.3) is 11.0 Å². The number of rotatable bonds is 5. The van der Waals surface area contributed by atoms with Crippen molar-refractivity contribution in [1.29, 1.82) is 0 Å². The molecule has 0 unspecified atom stereocenters. The van der Waals surface area contributed by atoms with Crippen LogP contribution >= 0.6 is 0 Å². The number of fused-ring (bicyclic) bond motifs is 1. The van der Waals surface area contributed by atoms with Crippen LogP contribution in [0.5, 0.6) is 5.75 Å². The van der Waals surface area contributed by atoms with Crippen molar-refractivity contribution in [1.82, 2.24) is 9.55 Å². The molecule has 0 atom stereocenters. The van der Waals surface area contributed by atoms with Crippen molar-refractivity contribution in [3.05, 3.63) is 105 Å². The van der Waals surface area contributed by atoms with E-state index in [1.807, 2.05) is 61.7 Å². The Balaban J connectivity index is 1.90. The Labute approximate surface area is 181 Å². The maximum absolute atomic E-state index is 13.4. The van der Waals surface area contributed by atoms with Crippen LogP contribution in [0, 0.1) is 20.8 Å². The third-order valence-electron chi connectivity index (χ3n) is 5.42. The van der Waals surface area contributed by atoms with Crippen LogP contribution < -0.4 is 10.2 Å². The average molecular weight is 412 g/mol. The van der Waals surface area contributed by atoms with E-state index in [2.05, 4.69) is 4.98 Å². The van der Waals surface area contributed by atoms with Gasteiger partial charge in [-0.05, 0) is 56.2 Å². The summed E-state index contributed by atoms with van der Waals surface area (Å²) in [6, 6.07) is 16.9. The highest BCUT2D eigenvalue weighted by atomic mass is 16.5. The smallest absolute Gasteiger partial charge is 0.202 e. The normalized spacial score (nSPS) is 11.0. The Morgan fingerprint density at radius 1 is 1.00 bits per heavy atom. The highest BCUT2D eigenvalue weighted by Gasteiger charge is 2.19. The molecule has 0 radical (unpaired) electrons. The number of hydrogen-bond donors (Lipinski definition) is 0.